The van der Waals surface area contributed by atoms with Crippen molar-refractivity contribution in [1.29, 1.82) is 0 Å². The van der Waals surface area contributed by atoms with Crippen molar-refractivity contribution < 1.29 is 72.3 Å². The molecule has 139 heavy (non-hydrogen) atoms. The van der Waals surface area contributed by atoms with Gasteiger partial charge in [-0.25, -0.2) is 13.2 Å². The van der Waals surface area contributed by atoms with Crippen LogP contribution in [0.2, 0.25) is 36.3 Å². The van der Waals surface area contributed by atoms with Gasteiger partial charge in [-0.1, -0.05) is 292 Å². The van der Waals surface area contributed by atoms with E-state index < -0.39 is 30.3 Å². The van der Waals surface area contributed by atoms with E-state index in [0.29, 0.717) is 80.7 Å². The molecule has 0 spiro atoms. The highest BCUT2D eigenvalue weighted by atomic mass is 128. The molecule has 9 atom stereocenters. The van der Waals surface area contributed by atoms with Crippen molar-refractivity contribution in [2.24, 2.45) is 17.8 Å². The van der Waals surface area contributed by atoms with Crippen LogP contribution in [0.25, 0.3) is 11.1 Å². The second-order valence-electron chi connectivity index (χ2n) is 37.8. The minimum atomic E-state index is -3.41. The first-order chi connectivity index (χ1) is 67.2. The average Bonchev–Trinajstić information content (AvgIpc) is 0.738. The molecule has 26 heteroatoms. The average molecular weight is 2400 g/mol. The number of hydrogen-bond acceptors (Lipinski definition) is 12. The summed E-state index contributed by atoms with van der Waals surface area (Å²) in [7, 11) is -5.07. The standard InChI is InChI=1S/C45H51FNO6PSi.C37H41BrFNO3Si.C31H27BrFNO3.I2.HI.H2/c1-45(2,3)55(6,7)53-41(34-18-23-36(46)24-19-34)29-28-40-43(47(44(40)48)37-16-12-9-13-17-37)39-27-22-35(30-42(39)52-31-32-14-10-8-11-15-32)33-20-25-38(26-21-33)54(49,50-4)51-5;1-37(2,3)44(4,5)43-33(27-16-19-29(39)20-17-27)23-22-32-35(40(36(32)41)30-14-10-7-11-15-30)31-21-18-28(38)24-34(31)42-25-26-12-8-6-9-13-26;32-23-13-16-26(29(19-23)37-20-21-7-3-1-4-8-21)30-27(31(36)34(30)25-9-5-2-6-10-25)17-18-28(35)22-11-14-24(33)15-12-22;1-2;;/h8-27,30,40-41,43H,28-29,31H2,1-7H3;6-21,24,32-33,35H,22-23,25H2,1-5H3;1-16,19,27-28,30,35H,17-18,20H2;;2*1H/t40-,41+,43-;32-,33+,35-;27-,28+,30-;;;/m111.../s1/i;;;;;1+1D. The topological polar surface area (TPSA) is 163 Å². The summed E-state index contributed by atoms with van der Waals surface area (Å²) in [6.45, 7) is 23.3. The van der Waals surface area contributed by atoms with Gasteiger partial charge in [-0.2, -0.15) is 0 Å². The normalized spacial score (nSPS) is 17.1. The molecule has 0 aromatic heterocycles. The maximum atomic E-state index is 14.3. The number of nitrogens with zero attached hydrogens (tertiary/aromatic N) is 3. The van der Waals surface area contributed by atoms with Gasteiger partial charge in [0.05, 0.1) is 59.5 Å². The van der Waals surface area contributed by atoms with Gasteiger partial charge in [0.1, 0.15) is 54.5 Å². The Morgan fingerprint density at radius 1 is 0.396 bits per heavy atom. The number of aliphatic hydroxyl groups is 1. The van der Waals surface area contributed by atoms with Gasteiger partial charge in [0.2, 0.25) is 17.7 Å². The smallest absolute Gasteiger partial charge is 0.360 e. The second kappa shape index (κ2) is 49.9. The van der Waals surface area contributed by atoms with Crippen molar-refractivity contribution in [1.82, 2.24) is 0 Å². The van der Waals surface area contributed by atoms with Gasteiger partial charge >= 0.3 is 7.60 Å². The van der Waals surface area contributed by atoms with E-state index in [0.717, 1.165) is 87.4 Å². The lowest BCUT2D eigenvalue weighted by Gasteiger charge is -2.48. The van der Waals surface area contributed by atoms with Crippen LogP contribution in [0, 0.1) is 35.2 Å². The van der Waals surface area contributed by atoms with E-state index in [-0.39, 0.29) is 117 Å². The van der Waals surface area contributed by atoms with Crippen LogP contribution in [0.1, 0.15) is 170 Å². The number of halogens is 8. The van der Waals surface area contributed by atoms with Crippen molar-refractivity contribution in [3.8, 4) is 28.4 Å². The fourth-order valence-corrected chi connectivity index (χ4v) is 21.6. The molecule has 0 aliphatic carbocycles. The molecule has 16 rings (SSSR count). The summed E-state index contributed by atoms with van der Waals surface area (Å²) in [6.07, 6.45) is 1.97. The third kappa shape index (κ3) is 27.3. The zero-order chi connectivity index (χ0) is 101. The Balaban J connectivity index is 0.000000201. The number of hydrogen-bond donors (Lipinski definition) is 1. The summed E-state index contributed by atoms with van der Waals surface area (Å²) >= 11 is 11.4. The van der Waals surface area contributed by atoms with Gasteiger partial charge in [-0.3, -0.25) is 18.9 Å². The zero-order valence-corrected chi connectivity index (χ0v) is 92.8. The van der Waals surface area contributed by atoms with Crippen molar-refractivity contribution in [3.63, 3.8) is 0 Å². The number of benzene rings is 13. The van der Waals surface area contributed by atoms with Crippen LogP contribution in [-0.2, 0) is 56.7 Å². The maximum absolute atomic E-state index is 14.3. The van der Waals surface area contributed by atoms with Crippen molar-refractivity contribution >= 4 is 157 Å². The van der Waals surface area contributed by atoms with Crippen LogP contribution in [0.3, 0.4) is 0 Å². The van der Waals surface area contributed by atoms with Crippen LogP contribution in [-0.4, -0.2) is 53.7 Å². The summed E-state index contributed by atoms with van der Waals surface area (Å²) in [5.41, 5.74) is 12.7. The Bertz CT molecular complexity index is 6230. The van der Waals surface area contributed by atoms with Crippen LogP contribution >= 0.6 is 101 Å². The molecule has 0 radical (unpaired) electrons. The Labute approximate surface area is 879 Å². The van der Waals surface area contributed by atoms with Crippen molar-refractivity contribution in [2.75, 3.05) is 28.9 Å². The molecule has 0 unspecified atom stereocenters. The molecule has 3 fully saturated rings. The molecule has 3 saturated heterocycles. The molecule has 730 valence electrons. The molecule has 3 aliphatic rings. The monoisotopic (exact) mass is 2400 g/mol. The number of carbonyl (C=O) groups excluding carboxylic acids is 3. The van der Waals surface area contributed by atoms with Crippen LogP contribution < -0.4 is 34.2 Å². The highest BCUT2D eigenvalue weighted by Gasteiger charge is 2.54. The number of aliphatic hydroxyl groups excluding tert-OH is 1. The number of para-hydroxylation sites is 3. The first kappa shape index (κ1) is 107. The zero-order valence-electron chi connectivity index (χ0n) is 82.1. The number of β-lactam (4-membered cyclic amide) rings is 3. The molecule has 13 aromatic rings. The van der Waals surface area contributed by atoms with Crippen molar-refractivity contribution in [3.05, 3.63) is 410 Å². The molecule has 15 nitrogen and oxygen atoms in total. The highest BCUT2D eigenvalue weighted by Crippen LogP contribution is 2.55. The van der Waals surface area contributed by atoms with E-state index in [1.807, 2.05) is 263 Å². The summed E-state index contributed by atoms with van der Waals surface area (Å²) in [6, 6.07) is 103. The molecule has 0 saturated carbocycles. The van der Waals surface area contributed by atoms with Crippen LogP contribution in [0.4, 0.5) is 30.2 Å². The quantitative estimate of drug-likeness (QED) is 0.0173. The van der Waals surface area contributed by atoms with Gasteiger partial charge in [0.25, 0.3) is 0 Å². The Morgan fingerprint density at radius 2 is 0.676 bits per heavy atom. The van der Waals surface area contributed by atoms with Gasteiger partial charge in [0.15, 0.2) is 16.6 Å². The molecule has 3 aliphatic heterocycles. The number of amides is 3. The third-order valence-electron chi connectivity index (χ3n) is 26.8. The number of ether oxygens (including phenoxy) is 3. The highest BCUT2D eigenvalue weighted by molar-refractivity contribution is 15.0. The van der Waals surface area contributed by atoms with E-state index in [9.17, 15) is 37.2 Å². The first-order valence-electron chi connectivity index (χ1n) is 47.3. The SMILES string of the molecule is CC(C)(C)[Si](C)(C)O[C@@H](CC[C@H]1C(=O)N(c2ccccc2)[C@@H]1c1ccc(Br)cc1OCc1ccccc1)c1ccc(F)cc1.COP(=O)(OC)c1ccc(-c2ccc([C@@H]3[C@@H](CC[C@H](O[Si](C)(C)C(C)(C)C)c4ccc(F)cc4)C(=O)N3c3ccccc3)c(OCc3ccccc3)c2)cc1.I.II.O=C1[C@H](CC[C@H](O)c2ccc(F)cc2)[C@@H](c2ccc(Br)cc2OCc2ccccc2)N1c1ccccc1.[2H][2H]. The predicted molar refractivity (Wildman–Crippen MR) is 594 cm³/mol. The van der Waals surface area contributed by atoms with E-state index in [2.05, 4.69) is 149 Å². The molecular weight excluding hydrogens is 2280 g/mol. The minimum Gasteiger partial charge on any atom is -0.489 e. The molecular formula is C113H122Br2F3I3N3O12PSi2. The van der Waals surface area contributed by atoms with E-state index in [4.69, 9.17) is 35.1 Å². The summed E-state index contributed by atoms with van der Waals surface area (Å²) in [5, 5.41) is 11.2. The van der Waals surface area contributed by atoms with E-state index in [1.54, 1.807) is 36.4 Å². The second-order valence-corrected chi connectivity index (χ2v) is 51.4. The van der Waals surface area contributed by atoms with Gasteiger partial charge in [-0.05, 0) is 235 Å². The molecule has 3 amide bonds. The van der Waals surface area contributed by atoms with Crippen molar-refractivity contribution in [2.45, 2.75) is 173 Å². The molecule has 3 heterocycles. The van der Waals surface area contributed by atoms with Gasteiger partial charge in [0, 0.05) is 97.1 Å². The lowest BCUT2D eigenvalue weighted by atomic mass is 9.77. The fourth-order valence-electron chi connectivity index (χ4n) is 17.2. The minimum absolute atomic E-state index is 0. The number of anilines is 3. The lowest BCUT2D eigenvalue weighted by Crippen LogP contribution is -2.55. The number of rotatable bonds is 35. The van der Waals surface area contributed by atoms with E-state index >= 15 is 0 Å². The van der Waals surface area contributed by atoms with E-state index in [1.165, 1.54) is 50.6 Å². The maximum Gasteiger partial charge on any atom is 0.360 e. The Kier molecular flexibility index (Phi) is 38.5. The first-order valence-corrected chi connectivity index (χ1v) is 61.6. The third-order valence-corrected chi connectivity index (χ3v) is 38.7. The number of carbonyl (C=O) groups is 3. The Morgan fingerprint density at radius 3 is 0.986 bits per heavy atom. The van der Waals surface area contributed by atoms with Gasteiger partial charge < -0.3 is 51.9 Å². The van der Waals surface area contributed by atoms with Crippen LogP contribution in [0.5, 0.6) is 17.2 Å². The summed E-state index contributed by atoms with van der Waals surface area (Å²) in [5.74, 6) is 0.409. The molecule has 1 N–H and O–H groups in total. The predicted octanol–water partition coefficient (Wildman–Crippen LogP) is 31.9. The summed E-state index contributed by atoms with van der Waals surface area (Å²) in [4.78, 5) is 47.2. The largest absolute Gasteiger partial charge is 0.489 e. The van der Waals surface area contributed by atoms with Gasteiger partial charge in [-0.15, -0.1) is 24.0 Å². The summed E-state index contributed by atoms with van der Waals surface area (Å²) < 4.78 is 110. The van der Waals surface area contributed by atoms with Crippen LogP contribution in [0.15, 0.2) is 343 Å². The Hall–Kier alpha value is -8.93. The lowest BCUT2D eigenvalue weighted by molar-refractivity contribution is -0.131. The fraction of sp³-hybridized carbons (Fsp3) is 0.283. The molecule has 0 bridgehead atoms. The molecule has 13 aromatic carbocycles.